The van der Waals surface area contributed by atoms with Gasteiger partial charge in [-0.25, -0.2) is 4.39 Å². The Bertz CT molecular complexity index is 551. The maximum absolute atomic E-state index is 12.9. The largest absolute Gasteiger partial charge is 0.308 e. The molecule has 1 heterocycles. The Kier molecular flexibility index (Phi) is 4.14. The maximum atomic E-state index is 12.9. The van der Waals surface area contributed by atoms with E-state index in [4.69, 9.17) is 0 Å². The van der Waals surface area contributed by atoms with E-state index in [1.165, 1.54) is 17.7 Å². The number of halogens is 2. The number of aromatic nitrogens is 2. The summed E-state index contributed by atoms with van der Waals surface area (Å²) in [7, 11) is 1.93. The minimum atomic E-state index is -0.228. The van der Waals surface area contributed by atoms with Crippen molar-refractivity contribution in [2.24, 2.45) is 7.05 Å². The van der Waals surface area contributed by atoms with Gasteiger partial charge in [-0.1, -0.05) is 22.0 Å². The number of benzene rings is 1. The van der Waals surface area contributed by atoms with Gasteiger partial charge in [-0.15, -0.1) is 0 Å². The van der Waals surface area contributed by atoms with Gasteiger partial charge in [0.05, 0.1) is 6.20 Å². The highest BCUT2D eigenvalue weighted by atomic mass is 79.9. The molecule has 0 fully saturated rings. The van der Waals surface area contributed by atoms with E-state index in [2.05, 4.69) is 26.3 Å². The standard InChI is InChI=1S/C13H15BrFN3/c1-9-11(8-17-18(9)2)7-16-6-10-3-4-12(15)5-13(10)14/h3-5,8,16H,6-7H2,1-2H3. The lowest BCUT2D eigenvalue weighted by Crippen LogP contribution is -2.13. The minimum Gasteiger partial charge on any atom is -0.308 e. The molecule has 5 heteroatoms. The molecule has 0 aliphatic heterocycles. The third-order valence-electron chi connectivity index (χ3n) is 2.98. The highest BCUT2D eigenvalue weighted by Crippen LogP contribution is 2.18. The second kappa shape index (κ2) is 5.63. The van der Waals surface area contributed by atoms with Crippen LogP contribution in [0.15, 0.2) is 28.9 Å². The van der Waals surface area contributed by atoms with Crippen LogP contribution in [-0.4, -0.2) is 9.78 Å². The van der Waals surface area contributed by atoms with E-state index < -0.39 is 0 Å². The number of aryl methyl sites for hydroxylation is 1. The second-order valence-corrected chi connectivity index (χ2v) is 5.07. The molecule has 1 N–H and O–H groups in total. The fourth-order valence-corrected chi connectivity index (χ4v) is 2.21. The maximum Gasteiger partial charge on any atom is 0.124 e. The highest BCUT2D eigenvalue weighted by molar-refractivity contribution is 9.10. The van der Waals surface area contributed by atoms with Gasteiger partial charge in [0, 0.05) is 35.9 Å². The van der Waals surface area contributed by atoms with Gasteiger partial charge in [-0.2, -0.15) is 5.10 Å². The summed E-state index contributed by atoms with van der Waals surface area (Å²) in [6.07, 6.45) is 1.86. The van der Waals surface area contributed by atoms with E-state index in [0.29, 0.717) is 6.54 Å². The Morgan fingerprint density at radius 1 is 1.33 bits per heavy atom. The first-order valence-corrected chi connectivity index (χ1v) is 6.49. The Hall–Kier alpha value is -1.20. The van der Waals surface area contributed by atoms with Gasteiger partial charge in [-0.3, -0.25) is 4.68 Å². The van der Waals surface area contributed by atoms with Crippen LogP contribution in [0.3, 0.4) is 0 Å². The predicted molar refractivity (Wildman–Crippen MR) is 72.6 cm³/mol. The summed E-state index contributed by atoms with van der Waals surface area (Å²) in [5, 5.41) is 7.52. The molecule has 0 radical (unpaired) electrons. The summed E-state index contributed by atoms with van der Waals surface area (Å²) < 4.78 is 15.6. The molecule has 2 aromatic rings. The molecule has 0 atom stereocenters. The summed E-state index contributed by atoms with van der Waals surface area (Å²) in [6, 6.07) is 4.73. The Balaban J connectivity index is 1.94. The van der Waals surface area contributed by atoms with Crippen LogP contribution in [0.1, 0.15) is 16.8 Å². The normalized spacial score (nSPS) is 10.9. The molecular weight excluding hydrogens is 297 g/mol. The van der Waals surface area contributed by atoms with Crippen molar-refractivity contribution in [1.82, 2.24) is 15.1 Å². The minimum absolute atomic E-state index is 0.228. The van der Waals surface area contributed by atoms with Gasteiger partial charge in [0.1, 0.15) is 5.82 Å². The van der Waals surface area contributed by atoms with Crippen LogP contribution in [0.2, 0.25) is 0 Å². The van der Waals surface area contributed by atoms with Crippen molar-refractivity contribution < 1.29 is 4.39 Å². The molecule has 0 bridgehead atoms. The van der Waals surface area contributed by atoms with Crippen molar-refractivity contribution in [1.29, 1.82) is 0 Å². The topological polar surface area (TPSA) is 29.9 Å². The van der Waals surface area contributed by atoms with E-state index in [1.54, 1.807) is 6.07 Å². The third kappa shape index (κ3) is 2.97. The summed E-state index contributed by atoms with van der Waals surface area (Å²) in [4.78, 5) is 0. The van der Waals surface area contributed by atoms with E-state index in [1.807, 2.05) is 24.9 Å². The smallest absolute Gasteiger partial charge is 0.124 e. The van der Waals surface area contributed by atoms with Gasteiger partial charge in [0.15, 0.2) is 0 Å². The molecule has 1 aromatic heterocycles. The third-order valence-corrected chi connectivity index (χ3v) is 3.72. The zero-order chi connectivity index (χ0) is 13.1. The van der Waals surface area contributed by atoms with Crippen molar-refractivity contribution in [2.45, 2.75) is 20.0 Å². The highest BCUT2D eigenvalue weighted by Gasteiger charge is 2.04. The van der Waals surface area contributed by atoms with Gasteiger partial charge < -0.3 is 5.32 Å². The zero-order valence-electron chi connectivity index (χ0n) is 10.4. The number of rotatable bonds is 4. The van der Waals surface area contributed by atoms with Crippen LogP contribution in [-0.2, 0) is 20.1 Å². The average Bonchev–Trinajstić information content (AvgIpc) is 2.64. The molecular formula is C13H15BrFN3. The summed E-state index contributed by atoms with van der Waals surface area (Å²) >= 11 is 3.36. The molecule has 3 nitrogen and oxygen atoms in total. The van der Waals surface area contributed by atoms with E-state index >= 15 is 0 Å². The number of nitrogens with one attached hydrogen (secondary N) is 1. The molecule has 0 amide bonds. The van der Waals surface area contributed by atoms with Gasteiger partial charge >= 0.3 is 0 Å². The molecule has 0 spiro atoms. The molecule has 18 heavy (non-hydrogen) atoms. The monoisotopic (exact) mass is 311 g/mol. The molecule has 0 saturated heterocycles. The number of nitrogens with zero attached hydrogens (tertiary/aromatic N) is 2. The van der Waals surface area contributed by atoms with Gasteiger partial charge in [0.2, 0.25) is 0 Å². The van der Waals surface area contributed by atoms with Gasteiger partial charge in [0.25, 0.3) is 0 Å². The molecule has 2 rings (SSSR count). The first kappa shape index (κ1) is 13.2. The van der Waals surface area contributed by atoms with Crippen LogP contribution in [0.5, 0.6) is 0 Å². The van der Waals surface area contributed by atoms with E-state index in [9.17, 15) is 4.39 Å². The molecule has 0 aliphatic rings. The SMILES string of the molecule is Cc1c(CNCc2ccc(F)cc2Br)cnn1C. The average molecular weight is 312 g/mol. The van der Waals surface area contributed by atoms with Crippen LogP contribution in [0.25, 0.3) is 0 Å². The van der Waals surface area contributed by atoms with Crippen LogP contribution in [0.4, 0.5) is 4.39 Å². The van der Waals surface area contributed by atoms with Crippen LogP contribution >= 0.6 is 15.9 Å². The summed E-state index contributed by atoms with van der Waals surface area (Å²) in [6.45, 7) is 3.48. The van der Waals surface area contributed by atoms with Crippen molar-refractivity contribution in [3.05, 3.63) is 51.5 Å². The van der Waals surface area contributed by atoms with Crippen molar-refractivity contribution in [3.63, 3.8) is 0 Å². The van der Waals surface area contributed by atoms with Gasteiger partial charge in [-0.05, 0) is 24.6 Å². The molecule has 96 valence electrons. The lowest BCUT2D eigenvalue weighted by atomic mass is 10.2. The summed E-state index contributed by atoms with van der Waals surface area (Å²) in [5.41, 5.74) is 3.37. The van der Waals surface area contributed by atoms with E-state index in [0.717, 1.165) is 22.3 Å². The van der Waals surface area contributed by atoms with Crippen LogP contribution in [0, 0.1) is 12.7 Å². The fourth-order valence-electron chi connectivity index (χ4n) is 1.71. The van der Waals surface area contributed by atoms with E-state index in [-0.39, 0.29) is 5.82 Å². The fraction of sp³-hybridized carbons (Fsp3) is 0.308. The van der Waals surface area contributed by atoms with Crippen molar-refractivity contribution in [2.75, 3.05) is 0 Å². The van der Waals surface area contributed by atoms with Crippen molar-refractivity contribution in [3.8, 4) is 0 Å². The molecule has 0 saturated carbocycles. The zero-order valence-corrected chi connectivity index (χ0v) is 12.0. The number of hydrogen-bond acceptors (Lipinski definition) is 2. The lowest BCUT2D eigenvalue weighted by Gasteiger charge is -2.07. The molecule has 0 unspecified atom stereocenters. The second-order valence-electron chi connectivity index (χ2n) is 4.22. The lowest BCUT2D eigenvalue weighted by molar-refractivity contribution is 0.623. The first-order chi connectivity index (χ1) is 8.58. The van der Waals surface area contributed by atoms with Crippen molar-refractivity contribution >= 4 is 15.9 Å². The Morgan fingerprint density at radius 2 is 2.06 bits per heavy atom. The first-order valence-electron chi connectivity index (χ1n) is 5.70. The molecule has 0 aliphatic carbocycles. The molecule has 1 aromatic carbocycles. The predicted octanol–water partition coefficient (Wildman–Crippen LogP) is 2.92. The Morgan fingerprint density at radius 3 is 2.67 bits per heavy atom. The summed E-state index contributed by atoms with van der Waals surface area (Å²) in [5.74, 6) is -0.228. The Labute approximate surface area is 114 Å². The quantitative estimate of drug-likeness (QED) is 0.941. The number of hydrogen-bond donors (Lipinski definition) is 1. The van der Waals surface area contributed by atoms with Crippen LogP contribution < -0.4 is 5.32 Å².